The van der Waals surface area contributed by atoms with Crippen LogP contribution in [0.4, 0.5) is 0 Å². The van der Waals surface area contributed by atoms with Crippen molar-refractivity contribution in [2.75, 3.05) is 33.4 Å². The van der Waals surface area contributed by atoms with Crippen LogP contribution >= 0.6 is 0 Å². The number of hydrogen-bond acceptors (Lipinski definition) is 4. The summed E-state index contributed by atoms with van der Waals surface area (Å²) in [5, 5.41) is 0. The first-order valence-electron chi connectivity index (χ1n) is 5.78. The summed E-state index contributed by atoms with van der Waals surface area (Å²) in [7, 11) is 2.01. The predicted octanol–water partition coefficient (Wildman–Crippen LogP) is 1.22. The van der Waals surface area contributed by atoms with Crippen LogP contribution < -0.4 is 0 Å². The summed E-state index contributed by atoms with van der Waals surface area (Å²) in [5.74, 6) is -0.290. The smallest absolute Gasteiger partial charge is 0.334 e. The minimum atomic E-state index is -0.290. The van der Waals surface area contributed by atoms with E-state index in [4.69, 9.17) is 9.47 Å². The van der Waals surface area contributed by atoms with Crippen LogP contribution in [0.5, 0.6) is 0 Å². The number of rotatable bonds is 5. The standard InChI is InChI=1S/C12H21NO3/c1-4-16-12(14)10(2)9-13(3)11-5-7-15-8-6-11/h11H,2,4-9H2,1,3H3. The molecule has 16 heavy (non-hydrogen) atoms. The molecule has 0 amide bonds. The van der Waals surface area contributed by atoms with Crippen LogP contribution in [0.15, 0.2) is 12.2 Å². The van der Waals surface area contributed by atoms with Gasteiger partial charge in [-0.3, -0.25) is 4.90 Å². The fourth-order valence-corrected chi connectivity index (χ4v) is 1.85. The maximum atomic E-state index is 11.4. The fourth-order valence-electron chi connectivity index (χ4n) is 1.85. The lowest BCUT2D eigenvalue weighted by Crippen LogP contribution is -2.38. The zero-order valence-corrected chi connectivity index (χ0v) is 10.2. The predicted molar refractivity (Wildman–Crippen MR) is 62.2 cm³/mol. The lowest BCUT2D eigenvalue weighted by molar-refractivity contribution is -0.138. The van der Waals surface area contributed by atoms with Crippen molar-refractivity contribution in [3.63, 3.8) is 0 Å². The lowest BCUT2D eigenvalue weighted by atomic mass is 10.1. The first kappa shape index (κ1) is 13.2. The molecule has 0 saturated carbocycles. The van der Waals surface area contributed by atoms with Crippen molar-refractivity contribution in [1.82, 2.24) is 4.90 Å². The average Bonchev–Trinajstić information content (AvgIpc) is 2.30. The van der Waals surface area contributed by atoms with Crippen molar-refractivity contribution < 1.29 is 14.3 Å². The third-order valence-corrected chi connectivity index (χ3v) is 2.82. The van der Waals surface area contributed by atoms with Gasteiger partial charge in [-0.25, -0.2) is 4.79 Å². The lowest BCUT2D eigenvalue weighted by Gasteiger charge is -2.31. The molecule has 0 aromatic rings. The van der Waals surface area contributed by atoms with Gasteiger partial charge in [0.05, 0.1) is 6.61 Å². The maximum absolute atomic E-state index is 11.4. The Morgan fingerprint density at radius 2 is 2.12 bits per heavy atom. The molecule has 0 aromatic heterocycles. The number of carbonyl (C=O) groups is 1. The van der Waals surface area contributed by atoms with Crippen LogP contribution in [0.3, 0.4) is 0 Å². The molecular weight excluding hydrogens is 206 g/mol. The Morgan fingerprint density at radius 3 is 2.69 bits per heavy atom. The summed E-state index contributed by atoms with van der Waals surface area (Å²) >= 11 is 0. The largest absolute Gasteiger partial charge is 0.463 e. The Labute approximate surface area is 97.2 Å². The van der Waals surface area contributed by atoms with Crippen molar-refractivity contribution in [1.29, 1.82) is 0 Å². The van der Waals surface area contributed by atoms with Crippen molar-refractivity contribution in [2.24, 2.45) is 0 Å². The molecule has 1 fully saturated rings. The average molecular weight is 227 g/mol. The van der Waals surface area contributed by atoms with E-state index in [-0.39, 0.29) is 5.97 Å². The molecule has 0 atom stereocenters. The molecule has 4 heteroatoms. The number of esters is 1. The molecular formula is C12H21NO3. The van der Waals surface area contributed by atoms with Crippen LogP contribution in [-0.2, 0) is 14.3 Å². The molecule has 1 rings (SSSR count). The van der Waals surface area contributed by atoms with Gasteiger partial charge in [-0.2, -0.15) is 0 Å². The van der Waals surface area contributed by atoms with E-state index in [9.17, 15) is 4.79 Å². The number of likely N-dealkylation sites (N-methyl/N-ethyl adjacent to an activating group) is 1. The highest BCUT2D eigenvalue weighted by Crippen LogP contribution is 2.13. The molecule has 0 bridgehead atoms. The van der Waals surface area contributed by atoms with E-state index in [1.165, 1.54) is 0 Å². The van der Waals surface area contributed by atoms with Gasteiger partial charge in [0.15, 0.2) is 0 Å². The molecule has 92 valence electrons. The van der Waals surface area contributed by atoms with Gasteiger partial charge in [-0.15, -0.1) is 0 Å². The Morgan fingerprint density at radius 1 is 1.50 bits per heavy atom. The first-order valence-corrected chi connectivity index (χ1v) is 5.78. The normalized spacial score (nSPS) is 17.4. The number of carbonyl (C=O) groups excluding carboxylic acids is 1. The molecule has 1 aliphatic rings. The van der Waals surface area contributed by atoms with Crippen LogP contribution in [0.2, 0.25) is 0 Å². The van der Waals surface area contributed by atoms with Crippen molar-refractivity contribution in [3.8, 4) is 0 Å². The van der Waals surface area contributed by atoms with Gasteiger partial charge in [-0.1, -0.05) is 6.58 Å². The summed E-state index contributed by atoms with van der Waals surface area (Å²) < 4.78 is 10.2. The van der Waals surface area contributed by atoms with Gasteiger partial charge < -0.3 is 9.47 Å². The topological polar surface area (TPSA) is 38.8 Å². The number of ether oxygens (including phenoxy) is 2. The second-order valence-corrected chi connectivity index (χ2v) is 4.08. The van der Waals surface area contributed by atoms with E-state index < -0.39 is 0 Å². The third-order valence-electron chi connectivity index (χ3n) is 2.82. The van der Waals surface area contributed by atoms with Gasteiger partial charge in [0, 0.05) is 31.4 Å². The molecule has 1 saturated heterocycles. The quantitative estimate of drug-likeness (QED) is 0.523. The van der Waals surface area contributed by atoms with Crippen LogP contribution in [0.1, 0.15) is 19.8 Å². The van der Waals surface area contributed by atoms with E-state index in [0.29, 0.717) is 24.8 Å². The molecule has 0 radical (unpaired) electrons. The first-order chi connectivity index (χ1) is 7.65. The summed E-state index contributed by atoms with van der Waals surface area (Å²) in [6.07, 6.45) is 2.04. The number of hydrogen-bond donors (Lipinski definition) is 0. The fraction of sp³-hybridized carbons (Fsp3) is 0.750. The molecule has 0 N–H and O–H groups in total. The molecule has 0 spiro atoms. The van der Waals surface area contributed by atoms with Crippen molar-refractivity contribution >= 4 is 5.97 Å². The summed E-state index contributed by atoms with van der Waals surface area (Å²) in [5.41, 5.74) is 0.524. The SMILES string of the molecule is C=C(CN(C)C1CCOCC1)C(=O)OCC. The van der Waals surface area contributed by atoms with Crippen molar-refractivity contribution in [2.45, 2.75) is 25.8 Å². The van der Waals surface area contributed by atoms with Gasteiger partial charge in [0.25, 0.3) is 0 Å². The zero-order chi connectivity index (χ0) is 12.0. The van der Waals surface area contributed by atoms with Crippen molar-refractivity contribution in [3.05, 3.63) is 12.2 Å². The molecule has 0 aromatic carbocycles. The van der Waals surface area contributed by atoms with Crippen LogP contribution in [0.25, 0.3) is 0 Å². The molecule has 1 aliphatic heterocycles. The monoisotopic (exact) mass is 227 g/mol. The summed E-state index contributed by atoms with van der Waals surface area (Å²) in [6.45, 7) is 8.15. The third kappa shape index (κ3) is 3.94. The molecule has 4 nitrogen and oxygen atoms in total. The highest BCUT2D eigenvalue weighted by Gasteiger charge is 2.20. The maximum Gasteiger partial charge on any atom is 0.334 e. The zero-order valence-electron chi connectivity index (χ0n) is 10.2. The second kappa shape index (κ2) is 6.66. The van der Waals surface area contributed by atoms with E-state index in [1.54, 1.807) is 6.92 Å². The Hall–Kier alpha value is -0.870. The Balaban J connectivity index is 2.34. The summed E-state index contributed by atoms with van der Waals surface area (Å²) in [4.78, 5) is 13.5. The van der Waals surface area contributed by atoms with Crippen LogP contribution in [-0.4, -0.2) is 50.3 Å². The number of nitrogens with zero attached hydrogens (tertiary/aromatic N) is 1. The minimum absolute atomic E-state index is 0.290. The van der Waals surface area contributed by atoms with E-state index >= 15 is 0 Å². The second-order valence-electron chi connectivity index (χ2n) is 4.08. The van der Waals surface area contributed by atoms with E-state index in [0.717, 1.165) is 26.1 Å². The Kier molecular flexibility index (Phi) is 5.49. The molecule has 1 heterocycles. The highest BCUT2D eigenvalue weighted by atomic mass is 16.5. The summed E-state index contributed by atoms with van der Waals surface area (Å²) in [6, 6.07) is 0.486. The van der Waals surface area contributed by atoms with E-state index in [1.807, 2.05) is 7.05 Å². The molecule has 0 aliphatic carbocycles. The highest BCUT2D eigenvalue weighted by molar-refractivity contribution is 5.88. The minimum Gasteiger partial charge on any atom is -0.463 e. The van der Waals surface area contributed by atoms with Gasteiger partial charge in [0.2, 0.25) is 0 Å². The van der Waals surface area contributed by atoms with Crippen LogP contribution in [0, 0.1) is 0 Å². The van der Waals surface area contributed by atoms with E-state index in [2.05, 4.69) is 11.5 Å². The Bertz CT molecular complexity index is 247. The molecule has 0 unspecified atom stereocenters. The van der Waals surface area contributed by atoms with Gasteiger partial charge >= 0.3 is 5.97 Å². The van der Waals surface area contributed by atoms with Gasteiger partial charge in [-0.05, 0) is 26.8 Å². The van der Waals surface area contributed by atoms with Gasteiger partial charge in [0.1, 0.15) is 0 Å².